The maximum absolute atomic E-state index is 12.3. The Labute approximate surface area is 127 Å². The zero-order chi connectivity index (χ0) is 14.6. The van der Waals surface area contributed by atoms with Crippen molar-refractivity contribution in [2.75, 3.05) is 0 Å². The molecule has 0 atom stereocenters. The first-order valence-electron chi connectivity index (χ1n) is 6.47. The lowest BCUT2D eigenvalue weighted by molar-refractivity contribution is -0.150. The van der Waals surface area contributed by atoms with Gasteiger partial charge in [-0.2, -0.15) is 0 Å². The average Bonchev–Trinajstić information content (AvgIpc) is 2.46. The van der Waals surface area contributed by atoms with E-state index in [2.05, 4.69) is 15.9 Å². The van der Waals surface area contributed by atoms with Crippen molar-refractivity contribution < 1.29 is 9.53 Å². The van der Waals surface area contributed by atoms with Crippen molar-refractivity contribution in [2.24, 2.45) is 0 Å². The summed E-state index contributed by atoms with van der Waals surface area (Å²) >= 11 is 3.39. The summed E-state index contributed by atoms with van der Waals surface area (Å²) in [5.41, 5.74) is 1.28. The van der Waals surface area contributed by atoms with Crippen molar-refractivity contribution in [1.29, 1.82) is 0 Å². The predicted octanol–water partition coefficient (Wildman–Crippen LogP) is 4.47. The number of rotatable bonds is 4. The second kappa shape index (κ2) is 6.23. The van der Waals surface area contributed by atoms with E-state index in [1.165, 1.54) is 0 Å². The van der Waals surface area contributed by atoms with Crippen LogP contribution >= 0.6 is 15.9 Å². The Kier molecular flexibility index (Phi) is 4.61. The fraction of sp³-hybridized carbons (Fsp3) is 0.235. The first kappa shape index (κ1) is 14.8. The van der Waals surface area contributed by atoms with Gasteiger partial charge in [-0.25, -0.2) is 0 Å². The molecule has 0 aliphatic heterocycles. The van der Waals surface area contributed by atoms with Crippen LogP contribution in [0.3, 0.4) is 0 Å². The maximum atomic E-state index is 12.3. The fourth-order valence-electron chi connectivity index (χ4n) is 1.89. The van der Waals surface area contributed by atoms with Crippen LogP contribution in [0.25, 0.3) is 0 Å². The number of halogens is 1. The Balaban J connectivity index is 2.05. The largest absolute Gasteiger partial charge is 0.460 e. The molecule has 3 heteroatoms. The summed E-state index contributed by atoms with van der Waals surface area (Å²) in [6.45, 7) is 4.06. The minimum absolute atomic E-state index is 0.219. The molecular weight excluding hydrogens is 316 g/mol. The monoisotopic (exact) mass is 332 g/mol. The molecule has 0 bridgehead atoms. The van der Waals surface area contributed by atoms with Gasteiger partial charge in [0.1, 0.15) is 6.61 Å². The standard InChI is InChI=1S/C17H17BrO2/c1-17(2,14-8-10-15(18)11-9-14)16(19)20-12-13-6-4-3-5-7-13/h3-11H,12H2,1-2H3. The lowest BCUT2D eigenvalue weighted by Gasteiger charge is -2.23. The van der Waals surface area contributed by atoms with E-state index in [0.29, 0.717) is 6.61 Å². The third-order valence-electron chi connectivity index (χ3n) is 3.29. The third kappa shape index (κ3) is 3.48. The van der Waals surface area contributed by atoms with Gasteiger partial charge in [0.25, 0.3) is 0 Å². The summed E-state index contributed by atoms with van der Waals surface area (Å²) in [4.78, 5) is 12.3. The summed E-state index contributed by atoms with van der Waals surface area (Å²) < 4.78 is 6.42. The maximum Gasteiger partial charge on any atom is 0.316 e. The van der Waals surface area contributed by atoms with Gasteiger partial charge in [0.2, 0.25) is 0 Å². The van der Waals surface area contributed by atoms with Gasteiger partial charge in [0.15, 0.2) is 0 Å². The van der Waals surface area contributed by atoms with Gasteiger partial charge in [-0.3, -0.25) is 4.79 Å². The Bertz CT molecular complexity index is 574. The van der Waals surface area contributed by atoms with Crippen molar-refractivity contribution in [3.8, 4) is 0 Å². The summed E-state index contributed by atoms with van der Waals surface area (Å²) in [6, 6.07) is 17.4. The van der Waals surface area contributed by atoms with E-state index in [0.717, 1.165) is 15.6 Å². The van der Waals surface area contributed by atoms with E-state index in [1.54, 1.807) is 0 Å². The third-order valence-corrected chi connectivity index (χ3v) is 3.82. The zero-order valence-electron chi connectivity index (χ0n) is 11.6. The summed E-state index contributed by atoms with van der Waals surface area (Å²) in [6.07, 6.45) is 0. The topological polar surface area (TPSA) is 26.3 Å². The second-order valence-corrected chi connectivity index (χ2v) is 6.11. The lowest BCUT2D eigenvalue weighted by atomic mass is 9.85. The fourth-order valence-corrected chi connectivity index (χ4v) is 2.15. The number of hydrogen-bond acceptors (Lipinski definition) is 2. The predicted molar refractivity (Wildman–Crippen MR) is 83.4 cm³/mol. The molecule has 2 nitrogen and oxygen atoms in total. The van der Waals surface area contributed by atoms with Gasteiger partial charge in [-0.05, 0) is 37.1 Å². The number of carbonyl (C=O) groups is 1. The van der Waals surface area contributed by atoms with E-state index in [4.69, 9.17) is 4.74 Å². The number of esters is 1. The number of hydrogen-bond donors (Lipinski definition) is 0. The van der Waals surface area contributed by atoms with Gasteiger partial charge >= 0.3 is 5.97 Å². The average molecular weight is 333 g/mol. The summed E-state index contributed by atoms with van der Waals surface area (Å²) in [5.74, 6) is -0.219. The molecule has 0 saturated heterocycles. The highest BCUT2D eigenvalue weighted by atomic mass is 79.9. The Morgan fingerprint density at radius 3 is 2.25 bits per heavy atom. The summed E-state index contributed by atoms with van der Waals surface area (Å²) in [5, 5.41) is 0. The van der Waals surface area contributed by atoms with E-state index >= 15 is 0 Å². The highest BCUT2D eigenvalue weighted by Gasteiger charge is 2.31. The quantitative estimate of drug-likeness (QED) is 0.772. The Morgan fingerprint density at radius 2 is 1.65 bits per heavy atom. The van der Waals surface area contributed by atoms with Crippen LogP contribution in [0, 0.1) is 0 Å². The van der Waals surface area contributed by atoms with Crippen LogP contribution in [0.2, 0.25) is 0 Å². The van der Waals surface area contributed by atoms with Crippen LogP contribution in [0.4, 0.5) is 0 Å². The molecule has 0 unspecified atom stereocenters. The SMILES string of the molecule is CC(C)(C(=O)OCc1ccccc1)c1ccc(Br)cc1. The smallest absolute Gasteiger partial charge is 0.316 e. The van der Waals surface area contributed by atoms with E-state index in [-0.39, 0.29) is 5.97 Å². The van der Waals surface area contributed by atoms with Crippen molar-refractivity contribution in [3.05, 3.63) is 70.2 Å². The van der Waals surface area contributed by atoms with Crippen LogP contribution < -0.4 is 0 Å². The lowest BCUT2D eigenvalue weighted by Crippen LogP contribution is -2.30. The zero-order valence-corrected chi connectivity index (χ0v) is 13.2. The molecule has 104 valence electrons. The molecule has 0 N–H and O–H groups in total. The molecule has 20 heavy (non-hydrogen) atoms. The Hall–Kier alpha value is -1.61. The molecule has 0 amide bonds. The van der Waals surface area contributed by atoms with Crippen LogP contribution in [-0.4, -0.2) is 5.97 Å². The summed E-state index contributed by atoms with van der Waals surface area (Å²) in [7, 11) is 0. The molecular formula is C17H17BrO2. The molecule has 2 aromatic carbocycles. The highest BCUT2D eigenvalue weighted by Crippen LogP contribution is 2.26. The van der Waals surface area contributed by atoms with Gasteiger partial charge in [0, 0.05) is 4.47 Å². The number of carbonyl (C=O) groups excluding carboxylic acids is 1. The molecule has 0 radical (unpaired) electrons. The molecule has 0 fully saturated rings. The molecule has 0 saturated carbocycles. The van der Waals surface area contributed by atoms with Crippen LogP contribution in [0.15, 0.2) is 59.1 Å². The second-order valence-electron chi connectivity index (χ2n) is 5.19. The minimum Gasteiger partial charge on any atom is -0.460 e. The highest BCUT2D eigenvalue weighted by molar-refractivity contribution is 9.10. The van der Waals surface area contributed by atoms with Crippen LogP contribution in [-0.2, 0) is 21.6 Å². The molecule has 0 aliphatic rings. The van der Waals surface area contributed by atoms with Crippen molar-refractivity contribution in [2.45, 2.75) is 25.9 Å². The van der Waals surface area contributed by atoms with Gasteiger partial charge in [-0.15, -0.1) is 0 Å². The number of benzene rings is 2. The van der Waals surface area contributed by atoms with Crippen LogP contribution in [0.5, 0.6) is 0 Å². The molecule has 0 heterocycles. The first-order valence-corrected chi connectivity index (χ1v) is 7.26. The molecule has 2 aromatic rings. The van der Waals surface area contributed by atoms with Gasteiger partial charge in [-0.1, -0.05) is 58.4 Å². The minimum atomic E-state index is -0.657. The molecule has 0 spiro atoms. The van der Waals surface area contributed by atoms with Crippen molar-refractivity contribution in [1.82, 2.24) is 0 Å². The van der Waals surface area contributed by atoms with Gasteiger partial charge < -0.3 is 4.74 Å². The van der Waals surface area contributed by atoms with E-state index in [1.807, 2.05) is 68.4 Å². The molecule has 0 aromatic heterocycles. The molecule has 0 aliphatic carbocycles. The number of ether oxygens (including phenoxy) is 1. The van der Waals surface area contributed by atoms with Crippen molar-refractivity contribution in [3.63, 3.8) is 0 Å². The Morgan fingerprint density at radius 1 is 1.05 bits per heavy atom. The van der Waals surface area contributed by atoms with E-state index in [9.17, 15) is 4.79 Å². The first-order chi connectivity index (χ1) is 9.50. The van der Waals surface area contributed by atoms with E-state index < -0.39 is 5.41 Å². The van der Waals surface area contributed by atoms with Crippen LogP contribution in [0.1, 0.15) is 25.0 Å². The van der Waals surface area contributed by atoms with Gasteiger partial charge in [0.05, 0.1) is 5.41 Å². The normalized spacial score (nSPS) is 11.2. The van der Waals surface area contributed by atoms with Crippen molar-refractivity contribution >= 4 is 21.9 Å². The molecule has 2 rings (SSSR count).